The van der Waals surface area contributed by atoms with Crippen molar-refractivity contribution >= 4 is 11.4 Å². The van der Waals surface area contributed by atoms with Gasteiger partial charge in [0.2, 0.25) is 0 Å². The molecule has 2 aromatic carbocycles. The molecule has 1 aliphatic rings. The number of hydrogen-bond acceptors (Lipinski definition) is 4. The first-order chi connectivity index (χ1) is 10.8. The molecule has 0 aromatic heterocycles. The van der Waals surface area contributed by atoms with Crippen LogP contribution in [-0.2, 0) is 11.3 Å². The molecular weight excluding hydrogens is 276 g/mol. The zero-order valence-electron chi connectivity index (χ0n) is 12.6. The molecule has 4 heteroatoms. The van der Waals surface area contributed by atoms with Crippen LogP contribution in [0, 0.1) is 0 Å². The Labute approximate surface area is 131 Å². The standard InChI is InChI=1S/C18H22N2O2/c19-15-3-1-14(2-4-15)13-20-16-5-7-17(8-6-16)22-18-9-11-21-12-10-18/h1-8,18,20H,9-13,19H2. The second-order valence-electron chi connectivity index (χ2n) is 5.55. The van der Waals surface area contributed by atoms with Crippen molar-refractivity contribution in [1.29, 1.82) is 0 Å². The largest absolute Gasteiger partial charge is 0.490 e. The second-order valence-corrected chi connectivity index (χ2v) is 5.55. The third-order valence-electron chi connectivity index (χ3n) is 3.80. The predicted octanol–water partition coefficient (Wildman–Crippen LogP) is 3.44. The van der Waals surface area contributed by atoms with Gasteiger partial charge in [-0.2, -0.15) is 0 Å². The minimum absolute atomic E-state index is 0.280. The lowest BCUT2D eigenvalue weighted by Gasteiger charge is -2.23. The van der Waals surface area contributed by atoms with Gasteiger partial charge in [-0.15, -0.1) is 0 Å². The van der Waals surface area contributed by atoms with Crippen LogP contribution in [0.2, 0.25) is 0 Å². The molecule has 22 heavy (non-hydrogen) atoms. The van der Waals surface area contributed by atoms with E-state index in [0.29, 0.717) is 0 Å². The van der Waals surface area contributed by atoms with E-state index in [1.807, 2.05) is 48.5 Å². The number of nitrogens with two attached hydrogens (primary N) is 1. The molecule has 0 radical (unpaired) electrons. The van der Waals surface area contributed by atoms with Gasteiger partial charge in [0.05, 0.1) is 13.2 Å². The molecule has 1 aliphatic heterocycles. The van der Waals surface area contributed by atoms with Crippen molar-refractivity contribution < 1.29 is 9.47 Å². The van der Waals surface area contributed by atoms with Crippen molar-refractivity contribution in [3.05, 3.63) is 54.1 Å². The van der Waals surface area contributed by atoms with Crippen LogP contribution in [0.1, 0.15) is 18.4 Å². The molecule has 3 N–H and O–H groups in total. The van der Waals surface area contributed by atoms with Crippen molar-refractivity contribution in [2.75, 3.05) is 24.3 Å². The number of nitrogen functional groups attached to an aromatic ring is 1. The molecule has 1 heterocycles. The fraction of sp³-hybridized carbons (Fsp3) is 0.333. The third-order valence-corrected chi connectivity index (χ3v) is 3.80. The molecule has 1 fully saturated rings. The third kappa shape index (κ3) is 4.15. The van der Waals surface area contributed by atoms with E-state index < -0.39 is 0 Å². The summed E-state index contributed by atoms with van der Waals surface area (Å²) >= 11 is 0. The summed E-state index contributed by atoms with van der Waals surface area (Å²) in [6.45, 7) is 2.37. The molecule has 0 spiro atoms. The molecule has 1 saturated heterocycles. The molecule has 0 aliphatic carbocycles. The van der Waals surface area contributed by atoms with Gasteiger partial charge in [0.1, 0.15) is 11.9 Å². The van der Waals surface area contributed by atoms with E-state index in [1.165, 1.54) is 5.56 Å². The molecule has 116 valence electrons. The Hall–Kier alpha value is -2.20. The maximum absolute atomic E-state index is 5.96. The van der Waals surface area contributed by atoms with Gasteiger partial charge in [-0.25, -0.2) is 0 Å². The molecule has 0 atom stereocenters. The highest BCUT2D eigenvalue weighted by atomic mass is 16.5. The Morgan fingerprint density at radius 1 is 1.00 bits per heavy atom. The summed E-state index contributed by atoms with van der Waals surface area (Å²) in [6, 6.07) is 16.0. The van der Waals surface area contributed by atoms with Crippen LogP contribution < -0.4 is 15.8 Å². The van der Waals surface area contributed by atoms with Gasteiger partial charge in [0.25, 0.3) is 0 Å². The van der Waals surface area contributed by atoms with Crippen molar-refractivity contribution in [3.8, 4) is 5.75 Å². The first-order valence-electron chi connectivity index (χ1n) is 7.72. The van der Waals surface area contributed by atoms with Crippen LogP contribution in [0.15, 0.2) is 48.5 Å². The van der Waals surface area contributed by atoms with E-state index in [0.717, 1.165) is 49.7 Å². The molecule has 0 amide bonds. The van der Waals surface area contributed by atoms with Crippen LogP contribution in [0.5, 0.6) is 5.75 Å². The number of nitrogens with one attached hydrogen (secondary N) is 1. The Balaban J connectivity index is 1.51. The number of hydrogen-bond donors (Lipinski definition) is 2. The van der Waals surface area contributed by atoms with E-state index >= 15 is 0 Å². The fourth-order valence-electron chi connectivity index (χ4n) is 2.48. The molecule has 4 nitrogen and oxygen atoms in total. The molecule has 3 rings (SSSR count). The highest BCUT2D eigenvalue weighted by molar-refractivity contribution is 5.47. The average Bonchev–Trinajstić information content (AvgIpc) is 2.57. The maximum atomic E-state index is 5.96. The first kappa shape index (κ1) is 14.7. The second kappa shape index (κ2) is 7.18. The number of benzene rings is 2. The zero-order valence-corrected chi connectivity index (χ0v) is 12.6. The Morgan fingerprint density at radius 2 is 1.68 bits per heavy atom. The van der Waals surface area contributed by atoms with Gasteiger partial charge in [-0.05, 0) is 42.0 Å². The van der Waals surface area contributed by atoms with Crippen LogP contribution in [0.4, 0.5) is 11.4 Å². The van der Waals surface area contributed by atoms with Gasteiger partial charge < -0.3 is 20.5 Å². The molecular formula is C18H22N2O2. The number of rotatable bonds is 5. The van der Waals surface area contributed by atoms with Crippen molar-refractivity contribution in [2.24, 2.45) is 0 Å². The van der Waals surface area contributed by atoms with Crippen molar-refractivity contribution in [2.45, 2.75) is 25.5 Å². The highest BCUT2D eigenvalue weighted by Crippen LogP contribution is 2.20. The van der Waals surface area contributed by atoms with E-state index in [9.17, 15) is 0 Å². The van der Waals surface area contributed by atoms with Crippen LogP contribution >= 0.6 is 0 Å². The number of anilines is 2. The fourth-order valence-corrected chi connectivity index (χ4v) is 2.48. The van der Waals surface area contributed by atoms with Crippen LogP contribution in [0.3, 0.4) is 0 Å². The Kier molecular flexibility index (Phi) is 4.81. The highest BCUT2D eigenvalue weighted by Gasteiger charge is 2.14. The summed E-state index contributed by atoms with van der Waals surface area (Å²) in [4.78, 5) is 0. The van der Waals surface area contributed by atoms with Crippen molar-refractivity contribution in [3.63, 3.8) is 0 Å². The molecule has 0 saturated carbocycles. The van der Waals surface area contributed by atoms with Gasteiger partial charge >= 0.3 is 0 Å². The summed E-state index contributed by atoms with van der Waals surface area (Å²) in [7, 11) is 0. The lowest BCUT2D eigenvalue weighted by molar-refractivity contribution is 0.0256. The first-order valence-corrected chi connectivity index (χ1v) is 7.72. The van der Waals surface area contributed by atoms with E-state index in [4.69, 9.17) is 15.2 Å². The van der Waals surface area contributed by atoms with Gasteiger partial charge in [-0.1, -0.05) is 12.1 Å². The molecule has 2 aromatic rings. The van der Waals surface area contributed by atoms with Crippen LogP contribution in [0.25, 0.3) is 0 Å². The van der Waals surface area contributed by atoms with E-state index in [2.05, 4.69) is 5.32 Å². The maximum Gasteiger partial charge on any atom is 0.119 e. The normalized spacial score (nSPS) is 15.5. The molecule has 0 bridgehead atoms. The summed E-state index contributed by atoms with van der Waals surface area (Å²) < 4.78 is 11.3. The monoisotopic (exact) mass is 298 g/mol. The lowest BCUT2D eigenvalue weighted by Crippen LogP contribution is -2.25. The summed E-state index contributed by atoms with van der Waals surface area (Å²) in [5.74, 6) is 0.921. The Bertz CT molecular complexity index is 575. The SMILES string of the molecule is Nc1ccc(CNc2ccc(OC3CCOCC3)cc2)cc1. The topological polar surface area (TPSA) is 56.5 Å². The minimum atomic E-state index is 0.280. The Morgan fingerprint density at radius 3 is 2.36 bits per heavy atom. The molecule has 0 unspecified atom stereocenters. The van der Waals surface area contributed by atoms with Gasteiger partial charge in [0.15, 0.2) is 0 Å². The smallest absolute Gasteiger partial charge is 0.119 e. The van der Waals surface area contributed by atoms with Crippen LogP contribution in [-0.4, -0.2) is 19.3 Å². The summed E-state index contributed by atoms with van der Waals surface area (Å²) in [5, 5.41) is 3.39. The minimum Gasteiger partial charge on any atom is -0.490 e. The lowest BCUT2D eigenvalue weighted by atomic mass is 10.1. The zero-order chi connectivity index (χ0) is 15.2. The van der Waals surface area contributed by atoms with E-state index in [1.54, 1.807) is 0 Å². The van der Waals surface area contributed by atoms with Gasteiger partial charge in [-0.3, -0.25) is 0 Å². The van der Waals surface area contributed by atoms with Crippen molar-refractivity contribution in [1.82, 2.24) is 0 Å². The summed E-state index contributed by atoms with van der Waals surface area (Å²) in [6.07, 6.45) is 2.22. The quantitative estimate of drug-likeness (QED) is 0.830. The van der Waals surface area contributed by atoms with E-state index in [-0.39, 0.29) is 6.10 Å². The van der Waals surface area contributed by atoms with Gasteiger partial charge in [0, 0.05) is 30.8 Å². The summed E-state index contributed by atoms with van der Waals surface area (Å²) in [5.41, 5.74) is 8.76. The predicted molar refractivity (Wildman–Crippen MR) is 89.1 cm³/mol. The number of ether oxygens (including phenoxy) is 2. The average molecular weight is 298 g/mol.